The zero-order valence-corrected chi connectivity index (χ0v) is 13.3. The molecule has 0 amide bonds. The van der Waals surface area contributed by atoms with E-state index in [2.05, 4.69) is 19.6 Å². The number of H-pyrrole nitrogens is 1. The van der Waals surface area contributed by atoms with Crippen molar-refractivity contribution in [1.29, 1.82) is 0 Å². The summed E-state index contributed by atoms with van der Waals surface area (Å²) < 4.78 is 4.69. The number of nitrogens with one attached hydrogen (secondary N) is 1. The van der Waals surface area contributed by atoms with Gasteiger partial charge in [0.05, 0.1) is 18.1 Å². The van der Waals surface area contributed by atoms with Crippen LogP contribution in [0.15, 0.2) is 30.6 Å². The maximum atomic E-state index is 11.9. The largest absolute Gasteiger partial charge is 0.465 e. The Morgan fingerprint density at radius 2 is 2.29 bits per heavy atom. The zero-order chi connectivity index (χ0) is 17.1. The standard InChI is InChI=1S/C16H18N4O4/c1-24-16(21)12-10-11(5-6-13(12)20(22)23)19-9-3-2-4-14(19)15-17-7-8-18-15/h5-8,10,14H,2-4,9H2,1H3,(H,17,18)/t14-/m0/s1. The number of imidazole rings is 1. The van der Waals surface area contributed by atoms with Gasteiger partial charge in [-0.1, -0.05) is 0 Å². The second kappa shape index (κ2) is 6.69. The summed E-state index contributed by atoms with van der Waals surface area (Å²) in [6, 6.07) is 4.62. The van der Waals surface area contributed by atoms with Crippen molar-refractivity contribution >= 4 is 17.3 Å². The van der Waals surface area contributed by atoms with E-state index in [-0.39, 0.29) is 17.3 Å². The Hall–Kier alpha value is -2.90. The molecule has 0 radical (unpaired) electrons. The quantitative estimate of drug-likeness (QED) is 0.525. The Labute approximate surface area is 138 Å². The fourth-order valence-electron chi connectivity index (χ4n) is 3.12. The van der Waals surface area contributed by atoms with Gasteiger partial charge in [-0.3, -0.25) is 10.1 Å². The number of piperidine rings is 1. The number of benzene rings is 1. The molecule has 8 heteroatoms. The Bertz CT molecular complexity index is 745. The molecule has 1 atom stereocenters. The number of nitro benzene ring substituents is 1. The van der Waals surface area contributed by atoms with E-state index in [1.165, 1.54) is 19.2 Å². The predicted octanol–water partition coefficient (Wildman–Crippen LogP) is 2.84. The van der Waals surface area contributed by atoms with Gasteiger partial charge in [0.15, 0.2) is 0 Å². The number of aromatic amines is 1. The fraction of sp³-hybridized carbons (Fsp3) is 0.375. The highest BCUT2D eigenvalue weighted by Crippen LogP contribution is 2.35. The normalized spacial score (nSPS) is 17.5. The number of nitrogens with zero attached hydrogens (tertiary/aromatic N) is 3. The third-order valence-corrected chi connectivity index (χ3v) is 4.25. The number of ether oxygens (including phenoxy) is 1. The number of esters is 1. The number of methoxy groups -OCH3 is 1. The number of nitro groups is 1. The van der Waals surface area contributed by atoms with Crippen LogP contribution in [0.1, 0.15) is 41.5 Å². The lowest BCUT2D eigenvalue weighted by Crippen LogP contribution is -2.34. The highest BCUT2D eigenvalue weighted by atomic mass is 16.6. The fourth-order valence-corrected chi connectivity index (χ4v) is 3.12. The van der Waals surface area contributed by atoms with Gasteiger partial charge < -0.3 is 14.6 Å². The van der Waals surface area contributed by atoms with E-state index < -0.39 is 10.9 Å². The minimum Gasteiger partial charge on any atom is -0.465 e. The van der Waals surface area contributed by atoms with E-state index in [1.807, 2.05) is 0 Å². The van der Waals surface area contributed by atoms with Crippen LogP contribution < -0.4 is 4.90 Å². The minimum absolute atomic E-state index is 0.0382. The molecular formula is C16H18N4O4. The van der Waals surface area contributed by atoms with Gasteiger partial charge in [0.2, 0.25) is 0 Å². The second-order valence-electron chi connectivity index (χ2n) is 5.63. The number of anilines is 1. The molecule has 1 fully saturated rings. The number of carbonyl (C=O) groups excluding carboxylic acids is 1. The highest BCUT2D eigenvalue weighted by Gasteiger charge is 2.29. The van der Waals surface area contributed by atoms with E-state index in [4.69, 9.17) is 0 Å². The second-order valence-corrected chi connectivity index (χ2v) is 5.63. The average molecular weight is 330 g/mol. The molecule has 0 aliphatic carbocycles. The van der Waals surface area contributed by atoms with Crippen LogP contribution in [0.5, 0.6) is 0 Å². The van der Waals surface area contributed by atoms with Crippen LogP contribution in [-0.2, 0) is 4.74 Å². The van der Waals surface area contributed by atoms with Gasteiger partial charge in [0.25, 0.3) is 5.69 Å². The van der Waals surface area contributed by atoms with Crippen molar-refractivity contribution < 1.29 is 14.5 Å². The summed E-state index contributed by atoms with van der Waals surface area (Å²) in [5.41, 5.74) is 0.461. The third-order valence-electron chi connectivity index (χ3n) is 4.25. The molecule has 8 nitrogen and oxygen atoms in total. The van der Waals surface area contributed by atoms with Gasteiger partial charge in [0.1, 0.15) is 11.4 Å². The van der Waals surface area contributed by atoms with E-state index >= 15 is 0 Å². The van der Waals surface area contributed by atoms with E-state index in [0.717, 1.165) is 37.3 Å². The van der Waals surface area contributed by atoms with Gasteiger partial charge >= 0.3 is 5.97 Å². The van der Waals surface area contributed by atoms with Gasteiger partial charge in [-0.15, -0.1) is 0 Å². The molecule has 3 rings (SSSR count). The number of hydrogen-bond donors (Lipinski definition) is 1. The SMILES string of the molecule is COC(=O)c1cc(N2CCCC[C@H]2c2ncc[nH]2)ccc1[N+](=O)[O-]. The van der Waals surface area contributed by atoms with E-state index in [1.54, 1.807) is 18.5 Å². The number of carbonyl (C=O) groups is 1. The molecule has 1 aliphatic rings. The molecule has 0 bridgehead atoms. The Morgan fingerprint density at radius 1 is 1.46 bits per heavy atom. The molecule has 0 saturated carbocycles. The monoisotopic (exact) mass is 330 g/mol. The lowest BCUT2D eigenvalue weighted by atomic mass is 9.99. The first kappa shape index (κ1) is 16.0. The molecule has 2 heterocycles. The van der Waals surface area contributed by atoms with Crippen molar-refractivity contribution in [1.82, 2.24) is 9.97 Å². The summed E-state index contributed by atoms with van der Waals surface area (Å²) in [5.74, 6) is 0.141. The number of aromatic nitrogens is 2. The van der Waals surface area contributed by atoms with Crippen LogP contribution in [-0.4, -0.2) is 34.5 Å². The molecule has 24 heavy (non-hydrogen) atoms. The first-order chi connectivity index (χ1) is 11.6. The molecule has 1 saturated heterocycles. The highest BCUT2D eigenvalue weighted by molar-refractivity contribution is 5.95. The molecule has 2 aromatic rings. The lowest BCUT2D eigenvalue weighted by molar-refractivity contribution is -0.385. The van der Waals surface area contributed by atoms with Crippen LogP contribution in [0, 0.1) is 10.1 Å². The van der Waals surface area contributed by atoms with Gasteiger partial charge in [-0.25, -0.2) is 9.78 Å². The van der Waals surface area contributed by atoms with Crippen LogP contribution in [0.3, 0.4) is 0 Å². The van der Waals surface area contributed by atoms with Crippen molar-refractivity contribution in [3.05, 3.63) is 52.1 Å². The van der Waals surface area contributed by atoms with Crippen LogP contribution in [0.2, 0.25) is 0 Å². The van der Waals surface area contributed by atoms with Crippen LogP contribution >= 0.6 is 0 Å². The summed E-state index contributed by atoms with van der Waals surface area (Å²) in [4.78, 5) is 32.1. The van der Waals surface area contributed by atoms with E-state index in [9.17, 15) is 14.9 Å². The summed E-state index contributed by atoms with van der Waals surface area (Å²) in [7, 11) is 1.21. The summed E-state index contributed by atoms with van der Waals surface area (Å²) in [6.07, 6.45) is 6.51. The maximum Gasteiger partial charge on any atom is 0.344 e. The molecule has 1 N–H and O–H groups in total. The van der Waals surface area contributed by atoms with Gasteiger partial charge in [-0.2, -0.15) is 0 Å². The summed E-state index contributed by atoms with van der Waals surface area (Å²) in [6.45, 7) is 0.795. The smallest absolute Gasteiger partial charge is 0.344 e. The molecule has 0 spiro atoms. The molecule has 126 valence electrons. The predicted molar refractivity (Wildman–Crippen MR) is 87.0 cm³/mol. The average Bonchev–Trinajstić information content (AvgIpc) is 3.15. The van der Waals surface area contributed by atoms with Gasteiger partial charge in [0, 0.05) is 30.7 Å². The van der Waals surface area contributed by atoms with Gasteiger partial charge in [-0.05, 0) is 31.4 Å². The number of rotatable bonds is 4. The first-order valence-electron chi connectivity index (χ1n) is 7.74. The topological polar surface area (TPSA) is 101 Å². The molecule has 1 aromatic heterocycles. The van der Waals surface area contributed by atoms with Crippen LogP contribution in [0.4, 0.5) is 11.4 Å². The van der Waals surface area contributed by atoms with Crippen molar-refractivity contribution in [2.75, 3.05) is 18.6 Å². The third kappa shape index (κ3) is 2.94. The Morgan fingerprint density at radius 3 is 2.96 bits per heavy atom. The lowest BCUT2D eigenvalue weighted by Gasteiger charge is -2.36. The summed E-state index contributed by atoms with van der Waals surface area (Å²) in [5, 5.41) is 11.1. The molecule has 1 aliphatic heterocycles. The minimum atomic E-state index is -0.713. The first-order valence-corrected chi connectivity index (χ1v) is 7.74. The Kier molecular flexibility index (Phi) is 4.45. The van der Waals surface area contributed by atoms with Crippen molar-refractivity contribution in [3.8, 4) is 0 Å². The molecule has 1 aromatic carbocycles. The molecular weight excluding hydrogens is 312 g/mol. The van der Waals surface area contributed by atoms with Crippen molar-refractivity contribution in [3.63, 3.8) is 0 Å². The maximum absolute atomic E-state index is 11.9. The van der Waals surface area contributed by atoms with Crippen LogP contribution in [0.25, 0.3) is 0 Å². The molecule has 0 unspecified atom stereocenters. The van der Waals surface area contributed by atoms with Crippen molar-refractivity contribution in [2.45, 2.75) is 25.3 Å². The van der Waals surface area contributed by atoms with E-state index in [0.29, 0.717) is 0 Å². The Balaban J connectivity index is 2.01. The summed E-state index contributed by atoms with van der Waals surface area (Å²) >= 11 is 0. The zero-order valence-electron chi connectivity index (χ0n) is 13.3. The van der Waals surface area contributed by atoms with Crippen molar-refractivity contribution in [2.24, 2.45) is 0 Å². The number of hydrogen-bond acceptors (Lipinski definition) is 6.